The maximum atomic E-state index is 13.3. The van der Waals surface area contributed by atoms with Gasteiger partial charge in [-0.3, -0.25) is 10.1 Å². The predicted molar refractivity (Wildman–Crippen MR) is 150 cm³/mol. The number of hydrogen-bond donors (Lipinski definition) is 3. The molecule has 0 bridgehead atoms. The van der Waals surface area contributed by atoms with E-state index >= 15 is 0 Å². The molecule has 210 valence electrons. The van der Waals surface area contributed by atoms with Crippen molar-refractivity contribution in [2.45, 2.75) is 69.2 Å². The number of carboxylic acid groups (broad SMARTS) is 1. The first-order chi connectivity index (χ1) is 18.5. The minimum atomic E-state index is -0.996. The molecule has 0 aromatic heterocycles. The lowest BCUT2D eigenvalue weighted by molar-refractivity contribution is -0.159. The zero-order chi connectivity index (χ0) is 28.0. The summed E-state index contributed by atoms with van der Waals surface area (Å²) in [6, 6.07) is 17.4. The number of hydrogen-bond acceptors (Lipinski definition) is 7. The van der Waals surface area contributed by atoms with Crippen molar-refractivity contribution in [1.29, 1.82) is 0 Å². The third-order valence-corrected chi connectivity index (χ3v) is 7.18. The lowest BCUT2D eigenvalue weighted by Gasteiger charge is -2.36. The van der Waals surface area contributed by atoms with E-state index in [0.29, 0.717) is 12.3 Å². The number of esters is 1. The molecule has 3 N–H and O–H groups in total. The third kappa shape index (κ3) is 8.14. The van der Waals surface area contributed by atoms with Crippen molar-refractivity contribution in [3.63, 3.8) is 0 Å². The number of nitrogens with zero attached hydrogens (tertiary/aromatic N) is 1. The maximum absolute atomic E-state index is 13.3. The molecule has 1 saturated heterocycles. The predicted octanol–water partition coefficient (Wildman–Crippen LogP) is 3.85. The minimum absolute atomic E-state index is 0.104. The Labute approximate surface area is 230 Å². The Morgan fingerprint density at radius 1 is 1.10 bits per heavy atom. The van der Waals surface area contributed by atoms with E-state index in [1.807, 2.05) is 39.0 Å². The average Bonchev–Trinajstić information content (AvgIpc) is 3.63. The van der Waals surface area contributed by atoms with Gasteiger partial charge in [0, 0.05) is 24.6 Å². The fraction of sp³-hybridized carbons (Fsp3) is 0.484. The Balaban J connectivity index is 1.25. The number of aliphatic carboxylic acids is 1. The Kier molecular flexibility index (Phi) is 9.10. The summed E-state index contributed by atoms with van der Waals surface area (Å²) in [6.07, 6.45) is 4.46. The number of aliphatic hydroxyl groups excluding tert-OH is 1. The Morgan fingerprint density at radius 3 is 2.38 bits per heavy atom. The molecule has 1 saturated carbocycles. The summed E-state index contributed by atoms with van der Waals surface area (Å²) in [5.41, 5.74) is 0.684. The highest BCUT2D eigenvalue weighted by atomic mass is 16.6. The van der Waals surface area contributed by atoms with Gasteiger partial charge in [-0.15, -0.1) is 0 Å². The summed E-state index contributed by atoms with van der Waals surface area (Å²) in [7, 11) is 0. The van der Waals surface area contributed by atoms with Gasteiger partial charge >= 0.3 is 11.9 Å². The van der Waals surface area contributed by atoms with Crippen LogP contribution in [0.2, 0.25) is 0 Å². The number of benzene rings is 2. The molecule has 0 spiro atoms. The number of nitrogens with one attached hydrogen (secondary N) is 1. The van der Waals surface area contributed by atoms with Gasteiger partial charge < -0.3 is 24.6 Å². The van der Waals surface area contributed by atoms with Crippen molar-refractivity contribution in [1.82, 2.24) is 10.2 Å². The van der Waals surface area contributed by atoms with Crippen molar-refractivity contribution >= 4 is 18.0 Å². The van der Waals surface area contributed by atoms with Crippen LogP contribution in [0.1, 0.15) is 57.1 Å². The summed E-state index contributed by atoms with van der Waals surface area (Å²) in [5.74, 6) is -0.448. The average molecular weight is 537 g/mol. The SMILES string of the molecule is CC(C)(C)OC(=O)[C@@]1(NC2CCN(CC(O)COc3ccc(/C=C/C(=O)O)cc3)CC2)C[C@H]1c1ccccc1. The first-order valence-electron chi connectivity index (χ1n) is 13.6. The molecule has 1 aliphatic carbocycles. The van der Waals surface area contributed by atoms with Crippen LogP contribution in [0, 0.1) is 0 Å². The molecule has 4 rings (SSSR count). The van der Waals surface area contributed by atoms with Crippen LogP contribution in [0.5, 0.6) is 5.75 Å². The second-order valence-electron chi connectivity index (χ2n) is 11.6. The Morgan fingerprint density at radius 2 is 1.77 bits per heavy atom. The molecule has 2 aliphatic rings. The van der Waals surface area contributed by atoms with Gasteiger partial charge in [0.15, 0.2) is 0 Å². The molecule has 1 unspecified atom stereocenters. The lowest BCUT2D eigenvalue weighted by Crippen LogP contribution is -2.53. The molecule has 1 heterocycles. The molecule has 2 aromatic carbocycles. The summed E-state index contributed by atoms with van der Waals surface area (Å²) in [6.45, 7) is 8.03. The van der Waals surface area contributed by atoms with Gasteiger partial charge in [-0.1, -0.05) is 42.5 Å². The molecule has 0 amide bonds. The van der Waals surface area contributed by atoms with Crippen molar-refractivity contribution in [2.24, 2.45) is 0 Å². The number of likely N-dealkylation sites (tertiary alicyclic amines) is 1. The number of carbonyl (C=O) groups is 2. The number of carboxylic acids is 1. The van der Waals surface area contributed by atoms with Crippen LogP contribution in [-0.4, -0.2) is 76.6 Å². The van der Waals surface area contributed by atoms with Crippen LogP contribution in [0.15, 0.2) is 60.7 Å². The van der Waals surface area contributed by atoms with E-state index in [2.05, 4.69) is 22.3 Å². The van der Waals surface area contributed by atoms with Crippen LogP contribution in [0.25, 0.3) is 6.08 Å². The summed E-state index contributed by atoms with van der Waals surface area (Å²) < 4.78 is 11.6. The Bertz CT molecular complexity index is 1140. The number of β-amino-alcohol motifs (C(OH)–C–C–N with tert-alkyl or cyclic N) is 1. The maximum Gasteiger partial charge on any atom is 0.328 e. The van der Waals surface area contributed by atoms with Crippen LogP contribution in [0.3, 0.4) is 0 Å². The quantitative estimate of drug-likeness (QED) is 0.294. The standard InChI is InChI=1S/C31H40N2O6/c1-30(2,3)39-29(37)31(19-27(31)23-7-5-4-6-8-23)32-24-15-17-33(18-16-24)20-25(34)21-38-26-12-9-22(10-13-26)11-14-28(35)36/h4-14,24-25,27,32,34H,15-21H2,1-3H3,(H,35,36)/b14-11+/t25?,27-,31+/m0/s1. The van der Waals surface area contributed by atoms with Gasteiger partial charge in [0.1, 0.15) is 29.6 Å². The topological polar surface area (TPSA) is 108 Å². The normalized spacial score (nSPS) is 22.9. The molecular formula is C31H40N2O6. The summed E-state index contributed by atoms with van der Waals surface area (Å²) >= 11 is 0. The van der Waals surface area contributed by atoms with Gasteiger partial charge in [0.2, 0.25) is 0 Å². The van der Waals surface area contributed by atoms with Gasteiger partial charge in [-0.05, 0) is 82.5 Å². The molecule has 8 heteroatoms. The second kappa shape index (κ2) is 12.3. The van der Waals surface area contributed by atoms with Crippen molar-refractivity contribution < 1.29 is 29.3 Å². The molecule has 3 atom stereocenters. The monoisotopic (exact) mass is 536 g/mol. The molecule has 2 aromatic rings. The largest absolute Gasteiger partial charge is 0.491 e. The number of aliphatic hydroxyl groups is 1. The second-order valence-corrected chi connectivity index (χ2v) is 11.6. The smallest absolute Gasteiger partial charge is 0.328 e. The molecule has 39 heavy (non-hydrogen) atoms. The highest BCUT2D eigenvalue weighted by molar-refractivity contribution is 5.87. The van der Waals surface area contributed by atoms with Gasteiger partial charge in [0.05, 0.1) is 0 Å². The van der Waals surface area contributed by atoms with Crippen molar-refractivity contribution in [3.05, 3.63) is 71.8 Å². The fourth-order valence-electron chi connectivity index (χ4n) is 5.17. The van der Waals surface area contributed by atoms with Crippen LogP contribution < -0.4 is 10.1 Å². The summed E-state index contributed by atoms with van der Waals surface area (Å²) in [5, 5.41) is 23.0. The summed E-state index contributed by atoms with van der Waals surface area (Å²) in [4.78, 5) is 26.2. The van der Waals surface area contributed by atoms with E-state index in [4.69, 9.17) is 14.6 Å². The number of rotatable bonds is 11. The first kappa shape index (κ1) is 28.8. The molecular weight excluding hydrogens is 496 g/mol. The molecule has 0 radical (unpaired) electrons. The van der Waals surface area contributed by atoms with E-state index < -0.39 is 23.2 Å². The van der Waals surface area contributed by atoms with Crippen molar-refractivity contribution in [2.75, 3.05) is 26.2 Å². The van der Waals surface area contributed by atoms with E-state index in [9.17, 15) is 14.7 Å². The number of ether oxygens (including phenoxy) is 2. The lowest BCUT2D eigenvalue weighted by atomic mass is 10.00. The third-order valence-electron chi connectivity index (χ3n) is 7.18. The zero-order valence-corrected chi connectivity index (χ0v) is 23.0. The Hall–Kier alpha value is -3.20. The van der Waals surface area contributed by atoms with Gasteiger partial charge in [0.25, 0.3) is 0 Å². The highest BCUT2D eigenvalue weighted by Gasteiger charge is 2.63. The van der Waals surface area contributed by atoms with Crippen LogP contribution in [0.4, 0.5) is 0 Å². The van der Waals surface area contributed by atoms with Gasteiger partial charge in [-0.25, -0.2) is 4.79 Å². The first-order valence-corrected chi connectivity index (χ1v) is 13.6. The molecule has 1 aliphatic heterocycles. The van der Waals surface area contributed by atoms with E-state index in [0.717, 1.165) is 49.6 Å². The van der Waals surface area contributed by atoms with E-state index in [1.54, 1.807) is 24.3 Å². The zero-order valence-electron chi connectivity index (χ0n) is 23.0. The number of carbonyl (C=O) groups excluding carboxylic acids is 1. The van der Waals surface area contributed by atoms with E-state index in [1.165, 1.54) is 6.08 Å². The highest BCUT2D eigenvalue weighted by Crippen LogP contribution is 2.53. The fourth-order valence-corrected chi connectivity index (χ4v) is 5.17. The van der Waals surface area contributed by atoms with Crippen LogP contribution >= 0.6 is 0 Å². The van der Waals surface area contributed by atoms with Crippen molar-refractivity contribution in [3.8, 4) is 5.75 Å². The molecule has 2 fully saturated rings. The van der Waals surface area contributed by atoms with Gasteiger partial charge in [-0.2, -0.15) is 0 Å². The van der Waals surface area contributed by atoms with E-state index in [-0.39, 0.29) is 24.5 Å². The van der Waals surface area contributed by atoms with Crippen LogP contribution in [-0.2, 0) is 14.3 Å². The molecule has 8 nitrogen and oxygen atoms in total. The number of piperidine rings is 1. The minimum Gasteiger partial charge on any atom is -0.491 e.